The number of amides is 1. The third kappa shape index (κ3) is 2.69. The summed E-state index contributed by atoms with van der Waals surface area (Å²) in [5.41, 5.74) is 1.62. The van der Waals surface area contributed by atoms with E-state index in [9.17, 15) is 9.90 Å². The van der Waals surface area contributed by atoms with E-state index in [0.29, 0.717) is 24.4 Å². The number of β-amino-alcohol motifs (C(OH)–C–C–N with tert-alkyl or cyclic N) is 1. The predicted molar refractivity (Wildman–Crippen MR) is 88.1 cm³/mol. The molecule has 2 atom stereocenters. The van der Waals surface area contributed by atoms with E-state index in [2.05, 4.69) is 0 Å². The van der Waals surface area contributed by atoms with Gasteiger partial charge in [-0.2, -0.15) is 0 Å². The normalized spacial score (nSPS) is 23.5. The monoisotopic (exact) mass is 327 g/mol. The maximum absolute atomic E-state index is 13.1. The van der Waals surface area contributed by atoms with Crippen LogP contribution in [-0.2, 0) is 0 Å². The fourth-order valence-corrected chi connectivity index (χ4v) is 3.52. The van der Waals surface area contributed by atoms with E-state index in [1.807, 2.05) is 24.3 Å². The SMILES string of the molecule is COc1cccc([C@H]2C[C@@H](O)CN2C(=O)c2ccoc2C2CC2)c1. The van der Waals surface area contributed by atoms with Crippen molar-refractivity contribution in [1.29, 1.82) is 0 Å². The van der Waals surface area contributed by atoms with Gasteiger partial charge in [0.05, 0.1) is 31.1 Å². The smallest absolute Gasteiger partial charge is 0.258 e. The van der Waals surface area contributed by atoms with Gasteiger partial charge in [0.25, 0.3) is 5.91 Å². The fourth-order valence-electron chi connectivity index (χ4n) is 3.52. The van der Waals surface area contributed by atoms with Crippen molar-refractivity contribution in [3.63, 3.8) is 0 Å². The van der Waals surface area contributed by atoms with Crippen LogP contribution in [0.4, 0.5) is 0 Å². The van der Waals surface area contributed by atoms with Crippen LogP contribution in [0.1, 0.15) is 52.9 Å². The molecule has 1 aromatic heterocycles. The van der Waals surface area contributed by atoms with Crippen LogP contribution in [0.3, 0.4) is 0 Å². The number of nitrogens with zero attached hydrogens (tertiary/aromatic N) is 1. The lowest BCUT2D eigenvalue weighted by Gasteiger charge is -2.25. The maximum atomic E-state index is 13.1. The lowest BCUT2D eigenvalue weighted by molar-refractivity contribution is 0.0713. The van der Waals surface area contributed by atoms with Crippen molar-refractivity contribution in [2.75, 3.05) is 13.7 Å². The summed E-state index contributed by atoms with van der Waals surface area (Å²) in [4.78, 5) is 14.8. The molecule has 0 radical (unpaired) electrons. The van der Waals surface area contributed by atoms with Gasteiger partial charge in [-0.05, 0) is 43.0 Å². The minimum atomic E-state index is -0.513. The van der Waals surface area contributed by atoms with E-state index < -0.39 is 6.10 Å². The molecule has 1 aliphatic heterocycles. The zero-order valence-corrected chi connectivity index (χ0v) is 13.6. The van der Waals surface area contributed by atoms with Gasteiger partial charge >= 0.3 is 0 Å². The zero-order valence-electron chi connectivity index (χ0n) is 13.6. The first-order chi connectivity index (χ1) is 11.7. The Labute approximate surface area is 140 Å². The second-order valence-electron chi connectivity index (χ2n) is 6.61. The van der Waals surface area contributed by atoms with Gasteiger partial charge in [0.1, 0.15) is 11.5 Å². The molecule has 126 valence electrons. The molecule has 5 nitrogen and oxygen atoms in total. The summed E-state index contributed by atoms with van der Waals surface area (Å²) in [6, 6.07) is 9.30. The number of hydrogen-bond donors (Lipinski definition) is 1. The Balaban J connectivity index is 1.64. The molecule has 1 aliphatic carbocycles. The molecule has 0 bridgehead atoms. The number of carbonyl (C=O) groups is 1. The van der Waals surface area contributed by atoms with Gasteiger partial charge in [-0.1, -0.05) is 12.1 Å². The van der Waals surface area contributed by atoms with Crippen molar-refractivity contribution in [3.8, 4) is 5.75 Å². The van der Waals surface area contributed by atoms with Gasteiger partial charge in [0.2, 0.25) is 0 Å². The van der Waals surface area contributed by atoms with Gasteiger partial charge in [0, 0.05) is 12.5 Å². The highest BCUT2D eigenvalue weighted by atomic mass is 16.5. The quantitative estimate of drug-likeness (QED) is 0.937. The van der Waals surface area contributed by atoms with Crippen LogP contribution in [0.5, 0.6) is 5.75 Å². The molecule has 0 spiro atoms. The van der Waals surface area contributed by atoms with Gasteiger partial charge in [0.15, 0.2) is 0 Å². The third-order valence-corrected chi connectivity index (χ3v) is 4.89. The highest BCUT2D eigenvalue weighted by molar-refractivity contribution is 5.96. The molecule has 2 aromatic rings. The van der Waals surface area contributed by atoms with E-state index in [0.717, 1.165) is 29.9 Å². The molecule has 1 aromatic carbocycles. The molecular weight excluding hydrogens is 306 g/mol. The maximum Gasteiger partial charge on any atom is 0.258 e. The molecule has 1 amide bonds. The minimum absolute atomic E-state index is 0.0602. The van der Waals surface area contributed by atoms with E-state index >= 15 is 0 Å². The summed E-state index contributed by atoms with van der Waals surface area (Å²) in [6.45, 7) is 0.343. The van der Waals surface area contributed by atoms with Gasteiger partial charge in [-0.3, -0.25) is 4.79 Å². The molecule has 1 saturated heterocycles. The summed E-state index contributed by atoms with van der Waals surface area (Å²) in [6.07, 6.45) is 3.77. The third-order valence-electron chi connectivity index (χ3n) is 4.89. The zero-order chi connectivity index (χ0) is 16.7. The summed E-state index contributed by atoms with van der Waals surface area (Å²) < 4.78 is 10.8. The number of carbonyl (C=O) groups excluding carboxylic acids is 1. The Morgan fingerprint density at radius 1 is 1.33 bits per heavy atom. The number of ether oxygens (including phenoxy) is 1. The molecule has 24 heavy (non-hydrogen) atoms. The Kier molecular flexibility index (Phi) is 3.81. The Morgan fingerprint density at radius 3 is 2.92 bits per heavy atom. The van der Waals surface area contributed by atoms with Crippen molar-refractivity contribution < 1.29 is 19.1 Å². The number of hydrogen-bond acceptors (Lipinski definition) is 4. The average Bonchev–Trinajstić information content (AvgIpc) is 3.19. The first kappa shape index (κ1) is 15.3. The predicted octanol–water partition coefficient (Wildman–Crippen LogP) is 3.11. The first-order valence-electron chi connectivity index (χ1n) is 8.37. The number of aliphatic hydroxyl groups excluding tert-OH is 1. The van der Waals surface area contributed by atoms with Crippen molar-refractivity contribution in [3.05, 3.63) is 53.5 Å². The lowest BCUT2D eigenvalue weighted by atomic mass is 10.0. The Bertz CT molecular complexity index is 749. The molecule has 5 heteroatoms. The average molecular weight is 327 g/mol. The van der Waals surface area contributed by atoms with Crippen molar-refractivity contribution in [2.24, 2.45) is 0 Å². The van der Waals surface area contributed by atoms with Crippen LogP contribution in [0.25, 0.3) is 0 Å². The summed E-state index contributed by atoms with van der Waals surface area (Å²) in [7, 11) is 1.62. The van der Waals surface area contributed by atoms with Crippen LogP contribution < -0.4 is 4.74 Å². The molecule has 4 rings (SSSR count). The summed E-state index contributed by atoms with van der Waals surface area (Å²) in [5.74, 6) is 1.87. The van der Waals surface area contributed by atoms with Crippen molar-refractivity contribution in [2.45, 2.75) is 37.3 Å². The topological polar surface area (TPSA) is 62.9 Å². The lowest BCUT2D eigenvalue weighted by Crippen LogP contribution is -2.32. The van der Waals surface area contributed by atoms with Crippen LogP contribution in [0.15, 0.2) is 41.0 Å². The molecule has 2 fully saturated rings. The highest BCUT2D eigenvalue weighted by Gasteiger charge is 2.39. The second-order valence-corrected chi connectivity index (χ2v) is 6.61. The van der Waals surface area contributed by atoms with Crippen LogP contribution in [0, 0.1) is 0 Å². The van der Waals surface area contributed by atoms with E-state index in [4.69, 9.17) is 9.15 Å². The molecule has 1 N–H and O–H groups in total. The van der Waals surface area contributed by atoms with Gasteiger partial charge in [-0.25, -0.2) is 0 Å². The molecule has 1 saturated carbocycles. The van der Waals surface area contributed by atoms with E-state index in [1.54, 1.807) is 24.3 Å². The minimum Gasteiger partial charge on any atom is -0.497 e. The van der Waals surface area contributed by atoms with Crippen LogP contribution in [-0.4, -0.2) is 35.7 Å². The summed E-state index contributed by atoms with van der Waals surface area (Å²) in [5, 5.41) is 10.1. The van der Waals surface area contributed by atoms with Crippen LogP contribution in [0.2, 0.25) is 0 Å². The molecule has 2 aliphatic rings. The second kappa shape index (κ2) is 5.98. The number of rotatable bonds is 4. The molecular formula is C19H21NO4. The number of methoxy groups -OCH3 is 1. The largest absolute Gasteiger partial charge is 0.497 e. The number of aliphatic hydroxyl groups is 1. The Hall–Kier alpha value is -2.27. The number of furan rings is 1. The number of benzene rings is 1. The van der Waals surface area contributed by atoms with Crippen molar-refractivity contribution >= 4 is 5.91 Å². The molecule has 2 heterocycles. The van der Waals surface area contributed by atoms with E-state index in [-0.39, 0.29) is 11.9 Å². The van der Waals surface area contributed by atoms with E-state index in [1.165, 1.54) is 0 Å². The summed E-state index contributed by atoms with van der Waals surface area (Å²) >= 11 is 0. The van der Waals surface area contributed by atoms with Crippen LogP contribution >= 0.6 is 0 Å². The van der Waals surface area contributed by atoms with Gasteiger partial charge < -0.3 is 19.2 Å². The fraction of sp³-hybridized carbons (Fsp3) is 0.421. The molecule has 0 unspecified atom stereocenters. The number of likely N-dealkylation sites (tertiary alicyclic amines) is 1. The van der Waals surface area contributed by atoms with Gasteiger partial charge in [-0.15, -0.1) is 0 Å². The van der Waals surface area contributed by atoms with Crippen molar-refractivity contribution in [1.82, 2.24) is 4.90 Å². The Morgan fingerprint density at radius 2 is 2.17 bits per heavy atom. The first-order valence-corrected chi connectivity index (χ1v) is 8.37. The standard InChI is InChI=1S/C19H21NO4/c1-23-15-4-2-3-13(9-15)17-10-14(21)11-20(17)19(22)16-7-8-24-18(16)12-5-6-12/h2-4,7-9,12,14,17,21H,5-6,10-11H2,1H3/t14-,17-/m1/s1. The highest BCUT2D eigenvalue weighted by Crippen LogP contribution is 2.43.